The molecule has 1 atom stereocenters. The van der Waals surface area contributed by atoms with Crippen molar-refractivity contribution in [3.8, 4) is 0 Å². The third kappa shape index (κ3) is 3.70. The largest absolute Gasteiger partial charge is 0.444 e. The van der Waals surface area contributed by atoms with Crippen LogP contribution in [0.1, 0.15) is 32.6 Å². The number of unbranched alkanes of at least 4 members (excludes halogenated alkanes) is 3. The summed E-state index contributed by atoms with van der Waals surface area (Å²) in [6.07, 6.45) is 4.01. The normalized spacial score (nSPS) is 18.7. The summed E-state index contributed by atoms with van der Waals surface area (Å²) in [6.45, 7) is 3.16. The maximum absolute atomic E-state index is 11.7. The van der Waals surface area contributed by atoms with E-state index in [1.54, 1.807) is 4.90 Å². The molecule has 1 aliphatic rings. The van der Waals surface area contributed by atoms with Crippen molar-refractivity contribution in [2.24, 2.45) is 0 Å². The molecule has 0 spiro atoms. The molecule has 0 N–H and O–H groups in total. The second-order valence-electron chi connectivity index (χ2n) is 4.67. The van der Waals surface area contributed by atoms with Crippen molar-refractivity contribution in [2.45, 2.75) is 38.8 Å². The maximum Gasteiger partial charge on any atom is 0.416 e. The number of para-hydroxylation sites is 1. The van der Waals surface area contributed by atoms with Crippen LogP contribution in [0.5, 0.6) is 0 Å². The number of rotatable bonds is 7. The van der Waals surface area contributed by atoms with Crippen LogP contribution in [0.3, 0.4) is 0 Å². The minimum absolute atomic E-state index is 0.295. The number of carbonyl (C=O) groups excluding carboxylic acids is 1. The Morgan fingerprint density at radius 2 is 2.05 bits per heavy atom. The molecule has 1 fully saturated rings. The molecular formula is C15H21NO3. The van der Waals surface area contributed by atoms with Crippen molar-refractivity contribution in [1.82, 2.24) is 0 Å². The smallest absolute Gasteiger partial charge is 0.416 e. The predicted molar refractivity (Wildman–Crippen MR) is 74.2 cm³/mol. The van der Waals surface area contributed by atoms with Gasteiger partial charge in [0.1, 0.15) is 6.61 Å². The summed E-state index contributed by atoms with van der Waals surface area (Å²) < 4.78 is 10.8. The highest BCUT2D eigenvalue weighted by atomic mass is 16.6. The Morgan fingerprint density at radius 3 is 2.79 bits per heavy atom. The van der Waals surface area contributed by atoms with Gasteiger partial charge in [-0.1, -0.05) is 44.4 Å². The van der Waals surface area contributed by atoms with Gasteiger partial charge < -0.3 is 9.47 Å². The predicted octanol–water partition coefficient (Wildman–Crippen LogP) is 3.57. The lowest BCUT2D eigenvalue weighted by molar-refractivity contribution is 0.0435. The fourth-order valence-corrected chi connectivity index (χ4v) is 2.14. The number of hydrogen-bond donors (Lipinski definition) is 0. The van der Waals surface area contributed by atoms with Crippen LogP contribution in [0, 0.1) is 0 Å². The van der Waals surface area contributed by atoms with E-state index in [4.69, 9.17) is 9.47 Å². The second-order valence-corrected chi connectivity index (χ2v) is 4.67. The van der Waals surface area contributed by atoms with Crippen molar-refractivity contribution in [2.75, 3.05) is 18.1 Å². The Bertz CT molecular complexity index is 394. The molecule has 0 bridgehead atoms. The van der Waals surface area contributed by atoms with Gasteiger partial charge in [-0.15, -0.1) is 0 Å². The van der Waals surface area contributed by atoms with Gasteiger partial charge in [0.25, 0.3) is 0 Å². The monoisotopic (exact) mass is 263 g/mol. The SMILES string of the molecule is CCCCCCOC1COC(=O)N1c1ccccc1. The molecule has 1 heterocycles. The molecule has 0 radical (unpaired) electrons. The first-order valence-corrected chi connectivity index (χ1v) is 6.95. The number of benzene rings is 1. The van der Waals surface area contributed by atoms with E-state index in [1.807, 2.05) is 30.3 Å². The fraction of sp³-hybridized carbons (Fsp3) is 0.533. The van der Waals surface area contributed by atoms with Gasteiger partial charge in [-0.3, -0.25) is 0 Å². The molecule has 104 valence electrons. The zero-order chi connectivity index (χ0) is 13.5. The number of cyclic esters (lactones) is 1. The molecule has 0 aliphatic carbocycles. The van der Waals surface area contributed by atoms with E-state index in [-0.39, 0.29) is 12.3 Å². The average molecular weight is 263 g/mol. The van der Waals surface area contributed by atoms with E-state index in [0.29, 0.717) is 13.2 Å². The van der Waals surface area contributed by atoms with Gasteiger partial charge in [-0.05, 0) is 18.6 Å². The van der Waals surface area contributed by atoms with Crippen molar-refractivity contribution in [1.29, 1.82) is 0 Å². The van der Waals surface area contributed by atoms with E-state index in [1.165, 1.54) is 19.3 Å². The lowest BCUT2D eigenvalue weighted by Crippen LogP contribution is -2.35. The summed E-state index contributed by atoms with van der Waals surface area (Å²) in [7, 11) is 0. The molecule has 19 heavy (non-hydrogen) atoms. The Balaban J connectivity index is 1.87. The number of hydrogen-bond acceptors (Lipinski definition) is 3. The Morgan fingerprint density at radius 1 is 1.26 bits per heavy atom. The molecule has 1 aromatic rings. The summed E-state index contributed by atoms with van der Waals surface area (Å²) in [6, 6.07) is 9.50. The number of carbonyl (C=O) groups is 1. The molecular weight excluding hydrogens is 242 g/mol. The highest BCUT2D eigenvalue weighted by molar-refractivity contribution is 5.89. The van der Waals surface area contributed by atoms with Crippen molar-refractivity contribution in [3.63, 3.8) is 0 Å². The molecule has 1 amide bonds. The van der Waals surface area contributed by atoms with Gasteiger partial charge in [-0.25, -0.2) is 9.69 Å². The number of amides is 1. The van der Waals surface area contributed by atoms with Gasteiger partial charge in [-0.2, -0.15) is 0 Å². The van der Waals surface area contributed by atoms with Crippen LogP contribution in [0.2, 0.25) is 0 Å². The highest BCUT2D eigenvalue weighted by Crippen LogP contribution is 2.23. The number of ether oxygens (including phenoxy) is 2. The van der Waals surface area contributed by atoms with Crippen LogP contribution in [0.15, 0.2) is 30.3 Å². The molecule has 2 rings (SSSR count). The van der Waals surface area contributed by atoms with E-state index in [9.17, 15) is 4.79 Å². The standard InChI is InChI=1S/C15H21NO3/c1-2-3-4-8-11-18-14-12-19-15(17)16(14)13-9-6-5-7-10-13/h5-7,9-10,14H,2-4,8,11-12H2,1H3. The topological polar surface area (TPSA) is 38.8 Å². The van der Waals surface area contributed by atoms with E-state index in [2.05, 4.69) is 6.92 Å². The third-order valence-electron chi connectivity index (χ3n) is 3.18. The first-order chi connectivity index (χ1) is 9.33. The quantitative estimate of drug-likeness (QED) is 0.706. The van der Waals surface area contributed by atoms with E-state index < -0.39 is 0 Å². The molecule has 1 aromatic carbocycles. The molecule has 1 saturated heterocycles. The maximum atomic E-state index is 11.7. The second kappa shape index (κ2) is 7.14. The Labute approximate surface area is 114 Å². The minimum Gasteiger partial charge on any atom is -0.444 e. The summed E-state index contributed by atoms with van der Waals surface area (Å²) in [4.78, 5) is 13.3. The number of nitrogens with zero attached hydrogens (tertiary/aromatic N) is 1. The Kier molecular flexibility index (Phi) is 5.21. The minimum atomic E-state index is -0.329. The third-order valence-corrected chi connectivity index (χ3v) is 3.18. The van der Waals surface area contributed by atoms with Gasteiger partial charge in [0, 0.05) is 12.3 Å². The van der Waals surface area contributed by atoms with Crippen LogP contribution in [0.25, 0.3) is 0 Å². The highest BCUT2D eigenvalue weighted by Gasteiger charge is 2.34. The zero-order valence-corrected chi connectivity index (χ0v) is 11.4. The summed E-state index contributed by atoms with van der Waals surface area (Å²) in [5.74, 6) is 0. The molecule has 4 nitrogen and oxygen atoms in total. The molecule has 1 aliphatic heterocycles. The van der Waals surface area contributed by atoms with Crippen LogP contribution < -0.4 is 4.90 Å². The molecule has 4 heteroatoms. The first-order valence-electron chi connectivity index (χ1n) is 6.95. The lowest BCUT2D eigenvalue weighted by Gasteiger charge is -2.21. The van der Waals surface area contributed by atoms with Gasteiger partial charge in [0.2, 0.25) is 0 Å². The van der Waals surface area contributed by atoms with Crippen molar-refractivity contribution < 1.29 is 14.3 Å². The Hall–Kier alpha value is -1.55. The van der Waals surface area contributed by atoms with Crippen molar-refractivity contribution in [3.05, 3.63) is 30.3 Å². The van der Waals surface area contributed by atoms with Crippen LogP contribution in [-0.2, 0) is 9.47 Å². The molecule has 0 saturated carbocycles. The summed E-state index contributed by atoms with van der Waals surface area (Å²) in [5.41, 5.74) is 0.823. The van der Waals surface area contributed by atoms with E-state index >= 15 is 0 Å². The molecule has 0 aromatic heterocycles. The van der Waals surface area contributed by atoms with Gasteiger partial charge in [0.15, 0.2) is 6.23 Å². The zero-order valence-electron chi connectivity index (χ0n) is 11.4. The van der Waals surface area contributed by atoms with Crippen molar-refractivity contribution >= 4 is 11.8 Å². The molecule has 1 unspecified atom stereocenters. The van der Waals surface area contributed by atoms with Crippen LogP contribution in [0.4, 0.5) is 10.5 Å². The first kappa shape index (κ1) is 13.9. The van der Waals surface area contributed by atoms with Crippen LogP contribution >= 0.6 is 0 Å². The number of anilines is 1. The average Bonchev–Trinajstić information content (AvgIpc) is 2.81. The summed E-state index contributed by atoms with van der Waals surface area (Å²) in [5, 5.41) is 0. The lowest BCUT2D eigenvalue weighted by atomic mass is 10.2. The fourth-order valence-electron chi connectivity index (χ4n) is 2.14. The summed E-state index contributed by atoms with van der Waals surface area (Å²) >= 11 is 0. The van der Waals surface area contributed by atoms with Crippen LogP contribution in [-0.4, -0.2) is 25.5 Å². The van der Waals surface area contributed by atoms with Gasteiger partial charge >= 0.3 is 6.09 Å². The van der Waals surface area contributed by atoms with Gasteiger partial charge in [0.05, 0.1) is 0 Å². The van der Waals surface area contributed by atoms with E-state index in [0.717, 1.165) is 12.1 Å².